The molecule has 0 spiro atoms. The van der Waals surface area contributed by atoms with E-state index in [1.54, 1.807) is 12.1 Å². The molecule has 0 saturated heterocycles. The standard InChI is InChI=1S/C18H11N5O4/c19-10-14-13(11-5-1-3-7-16(11)22(24)25)9-15(21-18(14)20)12-6-2-4-8-17(12)23(26)27/h1-9H,(H2,20,21). The van der Waals surface area contributed by atoms with Crippen LogP contribution in [0.25, 0.3) is 22.4 Å². The Morgan fingerprint density at radius 1 is 0.889 bits per heavy atom. The van der Waals surface area contributed by atoms with E-state index in [9.17, 15) is 25.5 Å². The van der Waals surface area contributed by atoms with Crippen LogP contribution < -0.4 is 5.73 Å². The van der Waals surface area contributed by atoms with Crippen LogP contribution in [0, 0.1) is 31.6 Å². The van der Waals surface area contributed by atoms with Crippen molar-refractivity contribution in [3.63, 3.8) is 0 Å². The molecule has 0 saturated carbocycles. The SMILES string of the molecule is N#Cc1c(-c2ccccc2[N+](=O)[O-])cc(-c2ccccc2[N+](=O)[O-])nc1N. The Labute approximate surface area is 152 Å². The van der Waals surface area contributed by atoms with Gasteiger partial charge >= 0.3 is 0 Å². The summed E-state index contributed by atoms with van der Waals surface area (Å²) in [6.07, 6.45) is 0. The van der Waals surface area contributed by atoms with E-state index in [4.69, 9.17) is 5.73 Å². The number of rotatable bonds is 4. The van der Waals surface area contributed by atoms with Crippen LogP contribution in [-0.4, -0.2) is 14.8 Å². The zero-order valence-electron chi connectivity index (χ0n) is 13.7. The molecule has 0 unspecified atom stereocenters. The molecule has 132 valence electrons. The van der Waals surface area contributed by atoms with Gasteiger partial charge in [0.25, 0.3) is 11.4 Å². The first-order valence-electron chi connectivity index (χ1n) is 7.62. The molecule has 27 heavy (non-hydrogen) atoms. The predicted molar refractivity (Wildman–Crippen MR) is 97.5 cm³/mol. The van der Waals surface area contributed by atoms with Gasteiger partial charge in [0.1, 0.15) is 17.5 Å². The van der Waals surface area contributed by atoms with Gasteiger partial charge in [-0.1, -0.05) is 24.3 Å². The van der Waals surface area contributed by atoms with Gasteiger partial charge in [0.15, 0.2) is 0 Å². The van der Waals surface area contributed by atoms with Crippen LogP contribution in [0.4, 0.5) is 17.2 Å². The number of nitrogens with zero attached hydrogens (tertiary/aromatic N) is 4. The van der Waals surface area contributed by atoms with Crippen LogP contribution in [0.15, 0.2) is 54.6 Å². The van der Waals surface area contributed by atoms with Gasteiger partial charge in [0.05, 0.1) is 26.7 Å². The lowest BCUT2D eigenvalue weighted by molar-refractivity contribution is -0.384. The molecular weight excluding hydrogens is 350 g/mol. The van der Waals surface area contributed by atoms with Crippen LogP contribution in [-0.2, 0) is 0 Å². The molecule has 2 N–H and O–H groups in total. The van der Waals surface area contributed by atoms with Crippen molar-refractivity contribution in [3.8, 4) is 28.5 Å². The number of hydrogen-bond acceptors (Lipinski definition) is 7. The fourth-order valence-electron chi connectivity index (χ4n) is 2.74. The summed E-state index contributed by atoms with van der Waals surface area (Å²) in [7, 11) is 0. The molecule has 9 heteroatoms. The van der Waals surface area contributed by atoms with Gasteiger partial charge in [-0.15, -0.1) is 0 Å². The van der Waals surface area contributed by atoms with Crippen molar-refractivity contribution in [2.45, 2.75) is 0 Å². The minimum absolute atomic E-state index is 0.0355. The van der Waals surface area contributed by atoms with Crippen molar-refractivity contribution in [1.82, 2.24) is 4.98 Å². The van der Waals surface area contributed by atoms with Crippen LogP contribution in [0.3, 0.4) is 0 Å². The highest BCUT2D eigenvalue weighted by atomic mass is 16.6. The van der Waals surface area contributed by atoms with E-state index in [1.807, 2.05) is 6.07 Å². The maximum absolute atomic E-state index is 11.4. The highest BCUT2D eigenvalue weighted by molar-refractivity contribution is 5.85. The summed E-state index contributed by atoms with van der Waals surface area (Å²) < 4.78 is 0. The lowest BCUT2D eigenvalue weighted by atomic mass is 9.97. The van der Waals surface area contributed by atoms with Crippen LogP contribution in [0.1, 0.15) is 5.56 Å². The smallest absolute Gasteiger partial charge is 0.278 e. The van der Waals surface area contributed by atoms with E-state index >= 15 is 0 Å². The van der Waals surface area contributed by atoms with Gasteiger partial charge in [0.2, 0.25) is 0 Å². The molecule has 2 aromatic carbocycles. The molecule has 0 amide bonds. The second kappa shape index (κ2) is 6.89. The lowest BCUT2D eigenvalue weighted by Gasteiger charge is -2.10. The zero-order valence-corrected chi connectivity index (χ0v) is 13.7. The lowest BCUT2D eigenvalue weighted by Crippen LogP contribution is -2.02. The highest BCUT2D eigenvalue weighted by Gasteiger charge is 2.23. The van der Waals surface area contributed by atoms with Crippen molar-refractivity contribution in [3.05, 3.63) is 80.4 Å². The number of nitro groups is 2. The van der Waals surface area contributed by atoms with E-state index < -0.39 is 9.85 Å². The van der Waals surface area contributed by atoms with Gasteiger partial charge in [-0.05, 0) is 18.2 Å². The Morgan fingerprint density at radius 2 is 1.41 bits per heavy atom. The number of nitro benzene ring substituents is 2. The van der Waals surface area contributed by atoms with Crippen molar-refractivity contribution < 1.29 is 9.85 Å². The Morgan fingerprint density at radius 3 is 1.96 bits per heavy atom. The molecule has 0 aliphatic heterocycles. The second-order valence-electron chi connectivity index (χ2n) is 5.48. The summed E-state index contributed by atoms with van der Waals surface area (Å²) in [6, 6.07) is 15.1. The number of para-hydroxylation sites is 2. The summed E-state index contributed by atoms with van der Waals surface area (Å²) in [5.41, 5.74) is 6.14. The zero-order chi connectivity index (χ0) is 19.6. The first kappa shape index (κ1) is 17.5. The predicted octanol–water partition coefficient (Wildman–Crippen LogP) is 3.69. The average molecular weight is 361 g/mol. The van der Waals surface area contributed by atoms with E-state index in [-0.39, 0.29) is 45.1 Å². The van der Waals surface area contributed by atoms with Gasteiger partial charge in [0, 0.05) is 17.7 Å². The molecule has 3 aromatic rings. The monoisotopic (exact) mass is 361 g/mol. The summed E-state index contributed by atoms with van der Waals surface area (Å²) in [5, 5.41) is 32.1. The minimum Gasteiger partial charge on any atom is -0.383 e. The number of benzene rings is 2. The number of pyridine rings is 1. The third kappa shape index (κ3) is 3.14. The normalized spacial score (nSPS) is 10.2. The van der Waals surface area contributed by atoms with Crippen LogP contribution >= 0.6 is 0 Å². The third-order valence-electron chi connectivity index (χ3n) is 3.93. The molecule has 9 nitrogen and oxygen atoms in total. The molecule has 0 bridgehead atoms. The van der Waals surface area contributed by atoms with Crippen molar-refractivity contribution in [2.24, 2.45) is 0 Å². The highest BCUT2D eigenvalue weighted by Crippen LogP contribution is 2.37. The average Bonchev–Trinajstić information content (AvgIpc) is 2.67. The van der Waals surface area contributed by atoms with E-state index in [2.05, 4.69) is 4.98 Å². The number of hydrogen-bond donors (Lipinski definition) is 1. The van der Waals surface area contributed by atoms with Crippen molar-refractivity contribution in [1.29, 1.82) is 5.26 Å². The fourth-order valence-corrected chi connectivity index (χ4v) is 2.74. The number of nitrogen functional groups attached to an aromatic ring is 1. The van der Waals surface area contributed by atoms with Crippen LogP contribution in [0.5, 0.6) is 0 Å². The van der Waals surface area contributed by atoms with Crippen LogP contribution in [0.2, 0.25) is 0 Å². The number of aromatic nitrogens is 1. The maximum Gasteiger partial charge on any atom is 0.278 e. The fraction of sp³-hybridized carbons (Fsp3) is 0. The first-order valence-corrected chi connectivity index (χ1v) is 7.62. The van der Waals surface area contributed by atoms with Gasteiger partial charge in [-0.25, -0.2) is 4.98 Å². The minimum atomic E-state index is -0.572. The Bertz CT molecular complexity index is 1120. The molecular formula is C18H11N5O4. The second-order valence-corrected chi connectivity index (χ2v) is 5.48. The third-order valence-corrected chi connectivity index (χ3v) is 3.93. The molecule has 1 aromatic heterocycles. The molecule has 0 atom stereocenters. The summed E-state index contributed by atoms with van der Waals surface area (Å²) in [4.78, 5) is 25.6. The molecule has 0 aliphatic carbocycles. The molecule has 0 radical (unpaired) electrons. The maximum atomic E-state index is 11.4. The largest absolute Gasteiger partial charge is 0.383 e. The topological polar surface area (TPSA) is 149 Å². The van der Waals surface area contributed by atoms with E-state index in [1.165, 1.54) is 42.5 Å². The Kier molecular flexibility index (Phi) is 4.47. The first-order chi connectivity index (χ1) is 12.9. The van der Waals surface area contributed by atoms with Gasteiger partial charge in [-0.2, -0.15) is 5.26 Å². The van der Waals surface area contributed by atoms with E-state index in [0.29, 0.717) is 0 Å². The number of anilines is 1. The molecule has 3 rings (SSSR count). The number of nitriles is 1. The number of nitrogens with two attached hydrogens (primary N) is 1. The Hall–Kier alpha value is -4.32. The van der Waals surface area contributed by atoms with Gasteiger partial charge in [-0.3, -0.25) is 20.2 Å². The Balaban J connectivity index is 2.34. The van der Waals surface area contributed by atoms with E-state index in [0.717, 1.165) is 0 Å². The molecule has 0 aliphatic rings. The summed E-state index contributed by atoms with van der Waals surface area (Å²) in [6.45, 7) is 0. The quantitative estimate of drug-likeness (QED) is 0.550. The summed E-state index contributed by atoms with van der Waals surface area (Å²) in [5.74, 6) is -0.165. The van der Waals surface area contributed by atoms with Crippen molar-refractivity contribution >= 4 is 17.2 Å². The van der Waals surface area contributed by atoms with Gasteiger partial charge < -0.3 is 5.73 Å². The van der Waals surface area contributed by atoms with Crippen molar-refractivity contribution in [2.75, 3.05) is 5.73 Å². The molecule has 1 heterocycles. The summed E-state index contributed by atoms with van der Waals surface area (Å²) >= 11 is 0. The molecule has 0 fully saturated rings.